The first-order chi connectivity index (χ1) is 12.2. The van der Waals surface area contributed by atoms with Crippen LogP contribution in [0.4, 0.5) is 0 Å². The zero-order valence-corrected chi connectivity index (χ0v) is 15.9. The van der Waals surface area contributed by atoms with E-state index in [0.29, 0.717) is 0 Å². The summed E-state index contributed by atoms with van der Waals surface area (Å²) in [5.41, 5.74) is 0. The molecule has 0 N–H and O–H groups in total. The third kappa shape index (κ3) is 15.7. The van der Waals surface area contributed by atoms with Gasteiger partial charge in [0.25, 0.3) is 0 Å². The number of hydrogen-bond acceptors (Lipinski definition) is 4. The fourth-order valence-corrected chi connectivity index (χ4v) is 1.38. The van der Waals surface area contributed by atoms with Crippen LogP contribution >= 0.6 is 0 Å². The minimum atomic E-state index is -1.23. The molecule has 2 rings (SSSR count). The predicted octanol–water partition coefficient (Wildman–Crippen LogP) is -1.49. The van der Waals surface area contributed by atoms with Crippen molar-refractivity contribution in [1.29, 1.82) is 0 Å². The van der Waals surface area contributed by atoms with Crippen molar-refractivity contribution in [1.82, 2.24) is 9.13 Å². The lowest BCUT2D eigenvalue weighted by atomic mass is 10.7. The molecular weight excluding hydrogens is 336 g/mol. The number of aliphatic carboxylic acids is 2. The van der Waals surface area contributed by atoms with Gasteiger partial charge in [0.05, 0.1) is 39.1 Å². The van der Waals surface area contributed by atoms with Gasteiger partial charge in [-0.1, -0.05) is 13.2 Å². The van der Waals surface area contributed by atoms with Gasteiger partial charge in [-0.3, -0.25) is 0 Å². The van der Waals surface area contributed by atoms with Crippen LogP contribution in [0.25, 0.3) is 0 Å². The molecule has 0 amide bonds. The van der Waals surface area contributed by atoms with Gasteiger partial charge < -0.3 is 19.8 Å². The molecule has 0 saturated heterocycles. The summed E-state index contributed by atoms with van der Waals surface area (Å²) in [7, 11) is 4.04. The van der Waals surface area contributed by atoms with Gasteiger partial charge in [-0.25, -0.2) is 18.3 Å². The number of hydrogen-bond donors (Lipinski definition) is 0. The average molecular weight is 364 g/mol. The van der Waals surface area contributed by atoms with Crippen molar-refractivity contribution in [3.63, 3.8) is 0 Å². The molecule has 0 fully saturated rings. The summed E-state index contributed by atoms with van der Waals surface area (Å²) in [6.45, 7) is 12.2. The molecule has 0 aliphatic carbocycles. The van der Waals surface area contributed by atoms with E-state index < -0.39 is 11.9 Å². The van der Waals surface area contributed by atoms with Crippen molar-refractivity contribution in [2.24, 2.45) is 14.1 Å². The molecule has 144 valence electrons. The Balaban J connectivity index is 0. The molecule has 0 radical (unpaired) electrons. The number of nitrogens with zero attached hydrogens (tertiary/aromatic N) is 4. The van der Waals surface area contributed by atoms with E-state index in [-0.39, 0.29) is 0 Å². The number of carboxylic acid groups (broad SMARTS) is 2. The molecule has 0 aliphatic rings. The summed E-state index contributed by atoms with van der Waals surface area (Å²) in [5, 5.41) is 18.3. The van der Waals surface area contributed by atoms with Crippen LogP contribution in [0.2, 0.25) is 0 Å². The van der Waals surface area contributed by atoms with Gasteiger partial charge >= 0.3 is 0 Å². The summed E-state index contributed by atoms with van der Waals surface area (Å²) in [6.07, 6.45) is 13.7. The topological polar surface area (TPSA) is 97.9 Å². The Bertz CT molecular complexity index is 616. The van der Waals surface area contributed by atoms with Crippen LogP contribution in [-0.4, -0.2) is 21.1 Å². The van der Waals surface area contributed by atoms with E-state index in [1.165, 1.54) is 0 Å². The molecular formula is C18H28N4O4. The van der Waals surface area contributed by atoms with E-state index in [0.717, 1.165) is 25.2 Å². The number of aromatic nitrogens is 4. The molecule has 0 aromatic carbocycles. The van der Waals surface area contributed by atoms with Crippen molar-refractivity contribution in [2.45, 2.75) is 26.9 Å². The maximum absolute atomic E-state index is 9.14. The van der Waals surface area contributed by atoms with E-state index in [9.17, 15) is 0 Å². The maximum atomic E-state index is 9.14. The van der Waals surface area contributed by atoms with Gasteiger partial charge in [-0.2, -0.15) is 0 Å². The Kier molecular flexibility index (Phi) is 14.8. The van der Waals surface area contributed by atoms with Gasteiger partial charge in [-0.05, 0) is 26.0 Å². The lowest BCUT2D eigenvalue weighted by Crippen LogP contribution is -2.23. The van der Waals surface area contributed by atoms with Crippen LogP contribution in [-0.2, 0) is 36.8 Å². The normalized spacial score (nSPS) is 8.46. The maximum Gasteiger partial charge on any atom is 0.243 e. The monoisotopic (exact) mass is 364 g/mol. The summed E-state index contributed by atoms with van der Waals surface area (Å²) >= 11 is 0. The molecule has 0 atom stereocenters. The van der Waals surface area contributed by atoms with Crippen molar-refractivity contribution in [3.05, 3.63) is 62.8 Å². The second-order valence-corrected chi connectivity index (χ2v) is 4.87. The van der Waals surface area contributed by atoms with Gasteiger partial charge in [0.2, 0.25) is 12.7 Å². The first kappa shape index (κ1) is 25.1. The summed E-state index contributed by atoms with van der Waals surface area (Å²) < 4.78 is 8.31. The summed E-state index contributed by atoms with van der Waals surface area (Å²) in [4.78, 5) is 18.3. The van der Waals surface area contributed by atoms with E-state index in [1.54, 1.807) is 0 Å². The third-order valence-electron chi connectivity index (χ3n) is 2.71. The molecule has 0 bridgehead atoms. The Hall–Kier alpha value is -3.16. The van der Waals surface area contributed by atoms with Crippen LogP contribution in [0.5, 0.6) is 0 Å². The fourth-order valence-electron chi connectivity index (χ4n) is 1.38. The molecule has 8 heteroatoms. The van der Waals surface area contributed by atoms with Crippen LogP contribution in [0.1, 0.15) is 13.8 Å². The van der Waals surface area contributed by atoms with E-state index in [1.807, 2.05) is 35.6 Å². The Labute approximate surface area is 154 Å². The predicted molar refractivity (Wildman–Crippen MR) is 93.0 cm³/mol. The van der Waals surface area contributed by atoms with E-state index >= 15 is 0 Å². The summed E-state index contributed by atoms with van der Waals surface area (Å²) in [6, 6.07) is 0. The number of carbonyl (C=O) groups is 2. The summed E-state index contributed by atoms with van der Waals surface area (Å²) in [5.74, 6) is -2.46. The van der Waals surface area contributed by atoms with Gasteiger partial charge in [0, 0.05) is 0 Å². The number of rotatable bonds is 4. The van der Waals surface area contributed by atoms with Crippen molar-refractivity contribution >= 4 is 11.9 Å². The van der Waals surface area contributed by atoms with Crippen molar-refractivity contribution in [2.75, 3.05) is 0 Å². The standard InChI is InChI=1S/2C6H11N2.2C3H4O2/c2*1-3-8-5-4-7(2)6-8;2*1-2-3(4)5/h2*4-6H,3H2,1-2H3;2*2H,1H2,(H,4,5)/q2*+1;;/p-2. The first-order valence-corrected chi connectivity index (χ1v) is 7.88. The Morgan fingerprint density at radius 2 is 1.15 bits per heavy atom. The highest BCUT2D eigenvalue weighted by Crippen LogP contribution is 1.79. The average Bonchev–Trinajstić information content (AvgIpc) is 3.24. The number of aryl methyl sites for hydroxylation is 4. The highest BCUT2D eigenvalue weighted by Gasteiger charge is 1.93. The van der Waals surface area contributed by atoms with Crippen LogP contribution < -0.4 is 19.3 Å². The lowest BCUT2D eigenvalue weighted by molar-refractivity contribution is -0.671. The van der Waals surface area contributed by atoms with Gasteiger partial charge in [-0.15, -0.1) is 0 Å². The second kappa shape index (κ2) is 15.4. The van der Waals surface area contributed by atoms with Crippen molar-refractivity contribution < 1.29 is 28.9 Å². The minimum Gasteiger partial charge on any atom is -0.545 e. The molecule has 0 spiro atoms. The number of carboxylic acids is 2. The molecule has 2 heterocycles. The molecule has 2 aromatic heterocycles. The molecule has 8 nitrogen and oxygen atoms in total. The molecule has 0 unspecified atom stereocenters. The third-order valence-corrected chi connectivity index (χ3v) is 2.71. The molecule has 0 aliphatic heterocycles. The van der Waals surface area contributed by atoms with E-state index in [4.69, 9.17) is 19.8 Å². The minimum absolute atomic E-state index is 0.722. The fraction of sp³-hybridized carbons (Fsp3) is 0.333. The molecule has 26 heavy (non-hydrogen) atoms. The number of carbonyl (C=O) groups excluding carboxylic acids is 2. The largest absolute Gasteiger partial charge is 0.545 e. The van der Waals surface area contributed by atoms with Crippen molar-refractivity contribution in [3.8, 4) is 0 Å². The lowest BCUT2D eigenvalue weighted by Gasteiger charge is -1.81. The SMILES string of the molecule is C=CC(=O)[O-].C=CC(=O)[O-].CCn1cc[n+](C)c1.CCn1cc[n+](C)c1. The van der Waals surface area contributed by atoms with E-state index in [2.05, 4.69) is 61.2 Å². The Morgan fingerprint density at radius 3 is 1.23 bits per heavy atom. The first-order valence-electron chi connectivity index (χ1n) is 7.88. The highest BCUT2D eigenvalue weighted by atomic mass is 16.4. The molecule has 2 aromatic rings. The second-order valence-electron chi connectivity index (χ2n) is 4.87. The van der Waals surface area contributed by atoms with Gasteiger partial charge in [0.1, 0.15) is 24.8 Å². The highest BCUT2D eigenvalue weighted by molar-refractivity contribution is 5.76. The smallest absolute Gasteiger partial charge is 0.243 e. The zero-order valence-electron chi connectivity index (χ0n) is 15.9. The van der Waals surface area contributed by atoms with Crippen LogP contribution in [0.15, 0.2) is 62.8 Å². The zero-order chi connectivity index (χ0) is 20.5. The Morgan fingerprint density at radius 1 is 0.885 bits per heavy atom. The van der Waals surface area contributed by atoms with Gasteiger partial charge in [0.15, 0.2) is 0 Å². The van der Waals surface area contributed by atoms with Crippen LogP contribution in [0, 0.1) is 0 Å². The quantitative estimate of drug-likeness (QED) is 0.488. The number of imidazole rings is 2. The van der Waals surface area contributed by atoms with Crippen LogP contribution in [0.3, 0.4) is 0 Å². The molecule has 0 saturated carbocycles.